The Kier molecular flexibility index (Phi) is 4.78. The number of hydrogen-bond donors (Lipinski definition) is 3. The second kappa shape index (κ2) is 6.98. The zero-order chi connectivity index (χ0) is 17.0. The summed E-state index contributed by atoms with van der Waals surface area (Å²) in [6.45, 7) is 1.54. The number of amides is 1. The van der Waals surface area contributed by atoms with Gasteiger partial charge in [-0.25, -0.2) is 0 Å². The molecule has 6 nitrogen and oxygen atoms in total. The molecule has 0 unspecified atom stereocenters. The normalized spacial score (nSPS) is 17.4. The van der Waals surface area contributed by atoms with Crippen molar-refractivity contribution in [2.75, 3.05) is 25.0 Å². The molecule has 0 atom stereocenters. The number of likely N-dealkylation sites (tertiary alicyclic amines) is 1. The standard InChI is InChI=1S/C18H21N3O3/c22-16-5-1-4-15(11-16)20-17(23)13-21-9-6-18(24,7-10-21)14-3-2-8-19-12-14/h1-5,8,11-12,22,24H,6-7,9-10,13H2,(H,20,23). The smallest absolute Gasteiger partial charge is 0.238 e. The number of anilines is 1. The van der Waals surface area contributed by atoms with Crippen LogP contribution in [0.3, 0.4) is 0 Å². The zero-order valence-electron chi connectivity index (χ0n) is 13.4. The molecule has 6 heteroatoms. The van der Waals surface area contributed by atoms with Crippen molar-refractivity contribution in [1.82, 2.24) is 9.88 Å². The number of phenolic OH excluding ortho intramolecular Hbond substituents is 1. The van der Waals surface area contributed by atoms with E-state index in [0.717, 1.165) is 5.56 Å². The quantitative estimate of drug-likeness (QED) is 0.796. The number of nitrogens with zero attached hydrogens (tertiary/aromatic N) is 2. The number of aromatic hydroxyl groups is 1. The first-order valence-electron chi connectivity index (χ1n) is 7.99. The number of rotatable bonds is 4. The topological polar surface area (TPSA) is 85.7 Å². The summed E-state index contributed by atoms with van der Waals surface area (Å²) in [7, 11) is 0. The first kappa shape index (κ1) is 16.4. The Labute approximate surface area is 140 Å². The lowest BCUT2D eigenvalue weighted by Gasteiger charge is -2.38. The summed E-state index contributed by atoms with van der Waals surface area (Å²) in [5.41, 5.74) is 0.532. The average Bonchev–Trinajstić information content (AvgIpc) is 2.58. The van der Waals surface area contributed by atoms with E-state index in [4.69, 9.17) is 0 Å². The third-order valence-electron chi connectivity index (χ3n) is 4.38. The van der Waals surface area contributed by atoms with Crippen molar-refractivity contribution >= 4 is 11.6 Å². The fraction of sp³-hybridized carbons (Fsp3) is 0.333. The molecule has 1 fully saturated rings. The van der Waals surface area contributed by atoms with Crippen LogP contribution in [-0.2, 0) is 10.4 Å². The highest BCUT2D eigenvalue weighted by Crippen LogP contribution is 2.32. The van der Waals surface area contributed by atoms with Crippen LogP contribution < -0.4 is 5.32 Å². The predicted octanol–water partition coefficient (Wildman–Crippen LogP) is 1.71. The van der Waals surface area contributed by atoms with Gasteiger partial charge in [0.15, 0.2) is 0 Å². The predicted molar refractivity (Wildman–Crippen MR) is 90.5 cm³/mol. The van der Waals surface area contributed by atoms with E-state index in [-0.39, 0.29) is 18.2 Å². The van der Waals surface area contributed by atoms with Gasteiger partial charge in [-0.05, 0) is 31.0 Å². The van der Waals surface area contributed by atoms with Gasteiger partial charge in [0.1, 0.15) is 5.75 Å². The van der Waals surface area contributed by atoms with Crippen molar-refractivity contribution in [2.45, 2.75) is 18.4 Å². The number of aliphatic hydroxyl groups is 1. The fourth-order valence-electron chi connectivity index (χ4n) is 3.00. The van der Waals surface area contributed by atoms with Gasteiger partial charge in [0.25, 0.3) is 0 Å². The van der Waals surface area contributed by atoms with E-state index in [9.17, 15) is 15.0 Å². The number of hydrogen-bond acceptors (Lipinski definition) is 5. The van der Waals surface area contributed by atoms with Crippen molar-refractivity contribution in [2.24, 2.45) is 0 Å². The van der Waals surface area contributed by atoms with Gasteiger partial charge in [0.05, 0.1) is 12.1 Å². The second-order valence-corrected chi connectivity index (χ2v) is 6.15. The van der Waals surface area contributed by atoms with Crippen LogP contribution in [0.2, 0.25) is 0 Å². The molecule has 1 aliphatic rings. The Morgan fingerprint density at radius 2 is 2.04 bits per heavy atom. The van der Waals surface area contributed by atoms with Gasteiger partial charge in [0.2, 0.25) is 5.91 Å². The lowest BCUT2D eigenvalue weighted by molar-refractivity contribution is -0.118. The van der Waals surface area contributed by atoms with Crippen LogP contribution in [-0.4, -0.2) is 45.6 Å². The number of pyridine rings is 1. The number of carbonyl (C=O) groups is 1. The molecule has 1 saturated heterocycles. The fourth-order valence-corrected chi connectivity index (χ4v) is 3.00. The van der Waals surface area contributed by atoms with Crippen molar-refractivity contribution in [3.63, 3.8) is 0 Å². The number of carbonyl (C=O) groups excluding carboxylic acids is 1. The van der Waals surface area contributed by atoms with Gasteiger partial charge in [-0.15, -0.1) is 0 Å². The van der Waals surface area contributed by atoms with E-state index in [2.05, 4.69) is 10.3 Å². The van der Waals surface area contributed by atoms with Gasteiger partial charge in [-0.3, -0.25) is 14.7 Å². The Hall–Kier alpha value is -2.44. The van der Waals surface area contributed by atoms with E-state index in [0.29, 0.717) is 31.6 Å². The second-order valence-electron chi connectivity index (χ2n) is 6.15. The molecule has 1 aliphatic heterocycles. The van der Waals surface area contributed by atoms with Crippen LogP contribution in [0.25, 0.3) is 0 Å². The number of aromatic nitrogens is 1. The molecule has 0 radical (unpaired) electrons. The molecule has 3 rings (SSSR count). The SMILES string of the molecule is O=C(CN1CCC(O)(c2cccnc2)CC1)Nc1cccc(O)c1. The molecular weight excluding hydrogens is 306 g/mol. The molecule has 0 saturated carbocycles. The molecular formula is C18H21N3O3. The number of phenols is 1. The summed E-state index contributed by atoms with van der Waals surface area (Å²) in [6.07, 6.45) is 4.52. The highest BCUT2D eigenvalue weighted by molar-refractivity contribution is 5.92. The monoisotopic (exact) mass is 327 g/mol. The Morgan fingerprint density at radius 3 is 2.71 bits per heavy atom. The molecule has 24 heavy (non-hydrogen) atoms. The first-order valence-corrected chi connectivity index (χ1v) is 7.99. The maximum absolute atomic E-state index is 12.1. The molecule has 3 N–H and O–H groups in total. The Bertz CT molecular complexity index is 698. The summed E-state index contributed by atoms with van der Waals surface area (Å²) in [4.78, 5) is 18.2. The van der Waals surface area contributed by atoms with Crippen molar-refractivity contribution in [1.29, 1.82) is 0 Å². The number of benzene rings is 1. The third kappa shape index (κ3) is 3.90. The van der Waals surface area contributed by atoms with E-state index < -0.39 is 5.60 Å². The van der Waals surface area contributed by atoms with Crippen molar-refractivity contribution in [3.8, 4) is 5.75 Å². The van der Waals surface area contributed by atoms with Crippen LogP contribution >= 0.6 is 0 Å². The number of piperidine rings is 1. The number of nitrogens with one attached hydrogen (secondary N) is 1. The molecule has 2 aromatic rings. The highest BCUT2D eigenvalue weighted by atomic mass is 16.3. The average molecular weight is 327 g/mol. The molecule has 0 aliphatic carbocycles. The Morgan fingerprint density at radius 1 is 1.25 bits per heavy atom. The molecule has 1 amide bonds. The van der Waals surface area contributed by atoms with E-state index in [1.165, 1.54) is 6.07 Å². The van der Waals surface area contributed by atoms with Crippen LogP contribution in [0.4, 0.5) is 5.69 Å². The summed E-state index contributed by atoms with van der Waals surface area (Å²) in [5.74, 6) is -0.0141. The van der Waals surface area contributed by atoms with E-state index in [1.807, 2.05) is 17.0 Å². The lowest BCUT2D eigenvalue weighted by atomic mass is 9.85. The minimum absolute atomic E-state index is 0.118. The van der Waals surface area contributed by atoms with Gasteiger partial charge >= 0.3 is 0 Å². The minimum Gasteiger partial charge on any atom is -0.508 e. The molecule has 2 heterocycles. The maximum Gasteiger partial charge on any atom is 0.238 e. The van der Waals surface area contributed by atoms with Crippen LogP contribution in [0.5, 0.6) is 5.75 Å². The highest BCUT2D eigenvalue weighted by Gasteiger charge is 2.34. The maximum atomic E-state index is 12.1. The van der Waals surface area contributed by atoms with Crippen LogP contribution in [0.1, 0.15) is 18.4 Å². The van der Waals surface area contributed by atoms with Gasteiger partial charge in [-0.1, -0.05) is 12.1 Å². The molecule has 126 valence electrons. The lowest BCUT2D eigenvalue weighted by Crippen LogP contribution is -2.45. The van der Waals surface area contributed by atoms with Gasteiger partial charge in [-0.2, -0.15) is 0 Å². The summed E-state index contributed by atoms with van der Waals surface area (Å²) in [6, 6.07) is 10.2. The largest absolute Gasteiger partial charge is 0.508 e. The summed E-state index contributed by atoms with van der Waals surface area (Å²) >= 11 is 0. The van der Waals surface area contributed by atoms with Crippen LogP contribution in [0, 0.1) is 0 Å². The molecule has 0 bridgehead atoms. The van der Waals surface area contributed by atoms with Crippen molar-refractivity contribution < 1.29 is 15.0 Å². The summed E-state index contributed by atoms with van der Waals surface area (Å²) in [5, 5.41) is 23.0. The van der Waals surface area contributed by atoms with Crippen LogP contribution in [0.15, 0.2) is 48.8 Å². The molecule has 1 aromatic heterocycles. The first-order chi connectivity index (χ1) is 11.5. The molecule has 1 aromatic carbocycles. The minimum atomic E-state index is -0.869. The van der Waals surface area contributed by atoms with Gasteiger partial charge < -0.3 is 15.5 Å². The van der Waals surface area contributed by atoms with E-state index >= 15 is 0 Å². The molecule has 0 spiro atoms. The van der Waals surface area contributed by atoms with Gasteiger partial charge in [0, 0.05) is 42.8 Å². The summed E-state index contributed by atoms with van der Waals surface area (Å²) < 4.78 is 0. The van der Waals surface area contributed by atoms with E-state index in [1.54, 1.807) is 30.6 Å². The van der Waals surface area contributed by atoms with Crippen molar-refractivity contribution in [3.05, 3.63) is 54.4 Å². The Balaban J connectivity index is 1.53. The zero-order valence-corrected chi connectivity index (χ0v) is 13.4. The third-order valence-corrected chi connectivity index (χ3v) is 4.38.